The Kier molecular flexibility index (Phi) is 6.09. The smallest absolute Gasteiger partial charge is 0.350 e. The number of aromatic nitrogens is 4. The van der Waals surface area contributed by atoms with Crippen LogP contribution in [0.4, 0.5) is 13.2 Å². The molecule has 0 bridgehead atoms. The largest absolute Gasteiger partial charge is 0.435 e. The van der Waals surface area contributed by atoms with Crippen molar-refractivity contribution in [3.63, 3.8) is 0 Å². The van der Waals surface area contributed by atoms with Gasteiger partial charge in [0.2, 0.25) is 0 Å². The van der Waals surface area contributed by atoms with E-state index in [0.717, 1.165) is 10.9 Å². The summed E-state index contributed by atoms with van der Waals surface area (Å²) in [7, 11) is 0. The molecular formula is C19H17F3N6O2. The number of nitrogens with zero attached hydrogens (tertiary/aromatic N) is 4. The van der Waals surface area contributed by atoms with Gasteiger partial charge in [0.25, 0.3) is 11.8 Å². The van der Waals surface area contributed by atoms with Crippen molar-refractivity contribution in [2.75, 3.05) is 13.1 Å². The number of hydrogen-bond donors (Lipinski definition) is 2. The Morgan fingerprint density at radius 1 is 1.00 bits per heavy atom. The number of nitrogens with one attached hydrogen (secondary N) is 2. The zero-order valence-electron chi connectivity index (χ0n) is 15.8. The molecule has 0 atom stereocenters. The van der Waals surface area contributed by atoms with Crippen LogP contribution in [-0.4, -0.2) is 44.7 Å². The van der Waals surface area contributed by atoms with E-state index in [2.05, 4.69) is 25.7 Å². The number of carbonyl (C=O) groups excluding carboxylic acids is 2. The van der Waals surface area contributed by atoms with Crippen LogP contribution in [0.3, 0.4) is 0 Å². The Balaban J connectivity index is 1.64. The van der Waals surface area contributed by atoms with Gasteiger partial charge in [-0.25, -0.2) is 9.67 Å². The standard InChI is InChI=1S/C19H17F3N6O2/c1-12-9-26-15(10-25-12)18(30)24-8-7-23-17(29)14-11-28(13-5-3-2-4-6-13)27-16(14)19(20,21)22/h2-6,9-11H,7-8H2,1H3,(H,23,29)(H,24,30). The first kappa shape index (κ1) is 21.0. The van der Waals surface area contributed by atoms with E-state index in [1.165, 1.54) is 12.4 Å². The van der Waals surface area contributed by atoms with Crippen molar-refractivity contribution in [2.24, 2.45) is 0 Å². The minimum Gasteiger partial charge on any atom is -0.350 e. The SMILES string of the molecule is Cc1cnc(C(=O)NCCNC(=O)c2cn(-c3ccccc3)nc2C(F)(F)F)cn1. The number of amides is 2. The van der Waals surface area contributed by atoms with E-state index < -0.39 is 29.2 Å². The van der Waals surface area contributed by atoms with Crippen LogP contribution in [0.25, 0.3) is 5.69 Å². The molecule has 0 unspecified atom stereocenters. The van der Waals surface area contributed by atoms with Crippen LogP contribution in [-0.2, 0) is 6.18 Å². The first-order valence-electron chi connectivity index (χ1n) is 8.83. The minimum absolute atomic E-state index is 0.00565. The predicted molar refractivity (Wildman–Crippen MR) is 100 cm³/mol. The van der Waals surface area contributed by atoms with Gasteiger partial charge in [0.05, 0.1) is 23.1 Å². The topological polar surface area (TPSA) is 102 Å². The van der Waals surface area contributed by atoms with Crippen LogP contribution in [0.15, 0.2) is 48.9 Å². The Bertz CT molecular complexity index is 1030. The van der Waals surface area contributed by atoms with E-state index in [9.17, 15) is 22.8 Å². The quantitative estimate of drug-likeness (QED) is 0.598. The maximum Gasteiger partial charge on any atom is 0.435 e. The maximum atomic E-state index is 13.3. The van der Waals surface area contributed by atoms with Crippen LogP contribution in [0.1, 0.15) is 32.2 Å². The molecule has 2 N–H and O–H groups in total. The molecule has 0 spiro atoms. The molecule has 11 heteroatoms. The van der Waals surface area contributed by atoms with Crippen LogP contribution in [0.2, 0.25) is 0 Å². The van der Waals surface area contributed by atoms with Crippen molar-refractivity contribution in [3.05, 3.63) is 71.6 Å². The molecule has 0 aliphatic carbocycles. The first-order chi connectivity index (χ1) is 14.3. The Hall–Kier alpha value is -3.76. The summed E-state index contributed by atoms with van der Waals surface area (Å²) in [6.45, 7) is 1.63. The van der Waals surface area contributed by atoms with E-state index in [0.29, 0.717) is 11.4 Å². The van der Waals surface area contributed by atoms with Gasteiger partial charge in [0.15, 0.2) is 5.69 Å². The number of halogens is 3. The minimum atomic E-state index is -4.80. The van der Waals surface area contributed by atoms with Gasteiger partial charge in [-0.1, -0.05) is 18.2 Å². The lowest BCUT2D eigenvalue weighted by Crippen LogP contribution is -2.35. The Morgan fingerprint density at radius 2 is 1.67 bits per heavy atom. The van der Waals surface area contributed by atoms with Crippen LogP contribution >= 0.6 is 0 Å². The van der Waals surface area contributed by atoms with Crippen molar-refractivity contribution in [3.8, 4) is 5.69 Å². The normalized spacial score (nSPS) is 11.2. The van der Waals surface area contributed by atoms with Crippen LogP contribution in [0, 0.1) is 6.92 Å². The average Bonchev–Trinajstić information content (AvgIpc) is 3.18. The summed E-state index contributed by atoms with van der Waals surface area (Å²) in [5.74, 6) is -1.46. The van der Waals surface area contributed by atoms with Crippen molar-refractivity contribution >= 4 is 11.8 Å². The van der Waals surface area contributed by atoms with E-state index in [1.807, 2.05) is 0 Å². The highest BCUT2D eigenvalue weighted by Gasteiger charge is 2.39. The van der Waals surface area contributed by atoms with Gasteiger partial charge in [-0.05, 0) is 19.1 Å². The van der Waals surface area contributed by atoms with Gasteiger partial charge >= 0.3 is 6.18 Å². The average molecular weight is 418 g/mol. The van der Waals surface area contributed by atoms with Gasteiger partial charge in [-0.2, -0.15) is 18.3 Å². The second-order valence-corrected chi connectivity index (χ2v) is 6.22. The molecule has 0 fully saturated rings. The molecule has 3 rings (SSSR count). The monoisotopic (exact) mass is 418 g/mol. The molecule has 8 nitrogen and oxygen atoms in total. The van der Waals surface area contributed by atoms with Gasteiger partial charge in [0, 0.05) is 25.5 Å². The second kappa shape index (κ2) is 8.72. The lowest BCUT2D eigenvalue weighted by molar-refractivity contribution is -0.141. The Labute approximate surface area is 169 Å². The number of alkyl halides is 3. The summed E-state index contributed by atoms with van der Waals surface area (Å²) < 4.78 is 41.0. The van der Waals surface area contributed by atoms with Gasteiger partial charge in [0.1, 0.15) is 5.69 Å². The molecule has 30 heavy (non-hydrogen) atoms. The highest BCUT2D eigenvalue weighted by atomic mass is 19.4. The summed E-state index contributed by atoms with van der Waals surface area (Å²) in [5, 5.41) is 8.37. The molecule has 2 aromatic heterocycles. The molecule has 156 valence electrons. The molecule has 0 saturated heterocycles. The first-order valence-corrected chi connectivity index (χ1v) is 8.83. The van der Waals surface area contributed by atoms with Gasteiger partial charge < -0.3 is 10.6 Å². The van der Waals surface area contributed by atoms with E-state index in [-0.39, 0.29) is 18.8 Å². The van der Waals surface area contributed by atoms with E-state index in [4.69, 9.17) is 0 Å². The lowest BCUT2D eigenvalue weighted by Gasteiger charge is -2.08. The fraction of sp³-hybridized carbons (Fsp3) is 0.211. The third kappa shape index (κ3) is 4.99. The number of carbonyl (C=O) groups is 2. The van der Waals surface area contributed by atoms with Gasteiger partial charge in [-0.3, -0.25) is 14.6 Å². The lowest BCUT2D eigenvalue weighted by atomic mass is 10.2. The maximum absolute atomic E-state index is 13.3. The molecule has 0 saturated carbocycles. The van der Waals surface area contributed by atoms with Gasteiger partial charge in [-0.15, -0.1) is 0 Å². The number of benzene rings is 1. The van der Waals surface area contributed by atoms with Crippen molar-refractivity contribution in [1.29, 1.82) is 0 Å². The number of rotatable bonds is 6. The van der Waals surface area contributed by atoms with Crippen LogP contribution < -0.4 is 10.6 Å². The molecule has 2 amide bonds. The Morgan fingerprint density at radius 3 is 2.27 bits per heavy atom. The summed E-state index contributed by atoms with van der Waals surface area (Å²) in [6.07, 6.45) is -1.05. The van der Waals surface area contributed by atoms with Crippen molar-refractivity contribution < 1.29 is 22.8 Å². The van der Waals surface area contributed by atoms with E-state index in [1.54, 1.807) is 37.3 Å². The fourth-order valence-corrected chi connectivity index (χ4v) is 2.51. The zero-order valence-corrected chi connectivity index (χ0v) is 15.8. The highest BCUT2D eigenvalue weighted by Crippen LogP contribution is 2.31. The summed E-state index contributed by atoms with van der Waals surface area (Å²) in [4.78, 5) is 32.1. The van der Waals surface area contributed by atoms with Crippen LogP contribution in [0.5, 0.6) is 0 Å². The third-order valence-electron chi connectivity index (χ3n) is 3.96. The molecule has 0 radical (unpaired) electrons. The fourth-order valence-electron chi connectivity index (χ4n) is 2.51. The predicted octanol–water partition coefficient (Wildman–Crippen LogP) is 2.15. The third-order valence-corrected chi connectivity index (χ3v) is 3.96. The van der Waals surface area contributed by atoms with Crippen molar-refractivity contribution in [2.45, 2.75) is 13.1 Å². The molecule has 0 aliphatic heterocycles. The molecule has 2 heterocycles. The number of aryl methyl sites for hydroxylation is 1. The van der Waals surface area contributed by atoms with E-state index >= 15 is 0 Å². The highest BCUT2D eigenvalue weighted by molar-refractivity contribution is 5.95. The molecule has 1 aromatic carbocycles. The second-order valence-electron chi connectivity index (χ2n) is 6.22. The molecule has 3 aromatic rings. The summed E-state index contributed by atoms with van der Waals surface area (Å²) >= 11 is 0. The molecular weight excluding hydrogens is 401 g/mol. The number of hydrogen-bond acceptors (Lipinski definition) is 5. The zero-order chi connectivity index (χ0) is 21.7. The summed E-state index contributed by atoms with van der Waals surface area (Å²) in [5.41, 5.74) is -0.774. The molecule has 0 aliphatic rings. The van der Waals surface area contributed by atoms with Crippen molar-refractivity contribution in [1.82, 2.24) is 30.4 Å². The number of para-hydroxylation sites is 1. The summed E-state index contributed by atoms with van der Waals surface area (Å²) in [6, 6.07) is 8.13.